The summed E-state index contributed by atoms with van der Waals surface area (Å²) in [5.74, 6) is -0.0910. The maximum Gasteiger partial charge on any atom is 0.127 e. The molecule has 1 fully saturated rings. The van der Waals surface area contributed by atoms with Gasteiger partial charge in [-0.3, -0.25) is 4.90 Å². The largest absolute Gasteiger partial charge is 0.298 e. The Bertz CT molecular complexity index is 419. The van der Waals surface area contributed by atoms with Crippen molar-refractivity contribution in [2.45, 2.75) is 46.1 Å². The van der Waals surface area contributed by atoms with Gasteiger partial charge in [-0.15, -0.1) is 0 Å². The molecule has 2 rings (SSSR count). The number of hydrogen-bond acceptors (Lipinski definition) is 1. The van der Waals surface area contributed by atoms with Crippen LogP contribution in [-0.2, 0) is 6.54 Å². The maximum atomic E-state index is 13.7. The average Bonchev–Trinajstić information content (AvgIpc) is 2.32. The smallest absolute Gasteiger partial charge is 0.127 e. The highest BCUT2D eigenvalue weighted by molar-refractivity contribution is 9.10. The van der Waals surface area contributed by atoms with Crippen LogP contribution in [0.3, 0.4) is 0 Å². The zero-order chi connectivity index (χ0) is 13.9. The molecule has 1 saturated heterocycles. The first kappa shape index (κ1) is 15.0. The van der Waals surface area contributed by atoms with Crippen molar-refractivity contribution >= 4 is 15.9 Å². The van der Waals surface area contributed by atoms with Gasteiger partial charge < -0.3 is 0 Å². The molecule has 1 aromatic rings. The third-order valence-electron chi connectivity index (χ3n) is 4.08. The Hall–Kier alpha value is -0.410. The Morgan fingerprint density at radius 1 is 1.21 bits per heavy atom. The van der Waals surface area contributed by atoms with E-state index < -0.39 is 0 Å². The van der Waals surface area contributed by atoms with Crippen LogP contribution in [0.15, 0.2) is 22.7 Å². The minimum Gasteiger partial charge on any atom is -0.298 e. The van der Waals surface area contributed by atoms with Crippen LogP contribution >= 0.6 is 15.9 Å². The van der Waals surface area contributed by atoms with Crippen LogP contribution in [0.1, 0.15) is 45.1 Å². The fourth-order valence-electron chi connectivity index (χ4n) is 3.42. The van der Waals surface area contributed by atoms with Crippen molar-refractivity contribution < 1.29 is 4.39 Å². The van der Waals surface area contributed by atoms with E-state index in [0.717, 1.165) is 29.7 Å². The lowest BCUT2D eigenvalue weighted by Crippen LogP contribution is -2.55. The lowest BCUT2D eigenvalue weighted by Gasteiger charge is -2.51. The van der Waals surface area contributed by atoms with E-state index in [4.69, 9.17) is 0 Å². The molecule has 0 aromatic heterocycles. The van der Waals surface area contributed by atoms with Crippen LogP contribution in [0, 0.1) is 11.2 Å². The molecule has 0 bridgehead atoms. The zero-order valence-electron chi connectivity index (χ0n) is 11.9. The SMILES string of the molecule is CCCC1(CCC)CN(Cc2cc(Br)ccc2F)C1. The third kappa shape index (κ3) is 3.57. The quantitative estimate of drug-likeness (QED) is 0.711. The Morgan fingerprint density at radius 3 is 2.42 bits per heavy atom. The van der Waals surface area contributed by atoms with E-state index in [2.05, 4.69) is 34.7 Å². The molecule has 106 valence electrons. The highest BCUT2D eigenvalue weighted by Gasteiger charge is 2.40. The molecular formula is C16H23BrFN. The molecule has 1 nitrogen and oxygen atoms in total. The number of halogens is 2. The van der Waals surface area contributed by atoms with Crippen LogP contribution in [0.4, 0.5) is 4.39 Å². The van der Waals surface area contributed by atoms with Crippen molar-refractivity contribution in [1.82, 2.24) is 4.90 Å². The van der Waals surface area contributed by atoms with E-state index in [1.165, 1.54) is 25.7 Å². The summed E-state index contributed by atoms with van der Waals surface area (Å²) in [6.07, 6.45) is 5.11. The summed E-state index contributed by atoms with van der Waals surface area (Å²) in [5, 5.41) is 0. The molecular weight excluding hydrogens is 305 g/mol. The van der Waals surface area contributed by atoms with Gasteiger partial charge in [-0.2, -0.15) is 0 Å². The van der Waals surface area contributed by atoms with Crippen molar-refractivity contribution in [3.63, 3.8) is 0 Å². The lowest BCUT2D eigenvalue weighted by atomic mass is 9.72. The predicted octanol–water partition coefficient (Wildman–Crippen LogP) is 4.99. The van der Waals surface area contributed by atoms with Gasteiger partial charge >= 0.3 is 0 Å². The van der Waals surface area contributed by atoms with Crippen LogP contribution in [0.5, 0.6) is 0 Å². The van der Waals surface area contributed by atoms with Gasteiger partial charge in [0.1, 0.15) is 5.82 Å². The van der Waals surface area contributed by atoms with Crippen molar-refractivity contribution in [3.05, 3.63) is 34.1 Å². The molecule has 0 saturated carbocycles. The Balaban J connectivity index is 1.94. The van der Waals surface area contributed by atoms with E-state index in [0.29, 0.717) is 5.41 Å². The van der Waals surface area contributed by atoms with Gasteiger partial charge in [-0.25, -0.2) is 4.39 Å². The fourth-order valence-corrected chi connectivity index (χ4v) is 3.83. The molecule has 1 aromatic carbocycles. The summed E-state index contributed by atoms with van der Waals surface area (Å²) < 4.78 is 14.7. The van der Waals surface area contributed by atoms with E-state index in [1.54, 1.807) is 12.1 Å². The topological polar surface area (TPSA) is 3.24 Å². The van der Waals surface area contributed by atoms with E-state index in [-0.39, 0.29) is 5.82 Å². The van der Waals surface area contributed by atoms with Gasteiger partial charge in [0.2, 0.25) is 0 Å². The van der Waals surface area contributed by atoms with E-state index in [9.17, 15) is 4.39 Å². The lowest BCUT2D eigenvalue weighted by molar-refractivity contribution is -0.0209. The molecule has 0 atom stereocenters. The van der Waals surface area contributed by atoms with Gasteiger partial charge in [0.15, 0.2) is 0 Å². The first-order valence-electron chi connectivity index (χ1n) is 7.25. The van der Waals surface area contributed by atoms with Crippen LogP contribution in [0.2, 0.25) is 0 Å². The van der Waals surface area contributed by atoms with Crippen molar-refractivity contribution in [1.29, 1.82) is 0 Å². The van der Waals surface area contributed by atoms with Crippen molar-refractivity contribution in [2.24, 2.45) is 5.41 Å². The van der Waals surface area contributed by atoms with Gasteiger partial charge in [0.05, 0.1) is 0 Å². The Labute approximate surface area is 124 Å². The molecule has 3 heteroatoms. The van der Waals surface area contributed by atoms with Crippen LogP contribution in [-0.4, -0.2) is 18.0 Å². The molecule has 0 unspecified atom stereocenters. The summed E-state index contributed by atoms with van der Waals surface area (Å²) in [7, 11) is 0. The summed E-state index contributed by atoms with van der Waals surface area (Å²) in [4.78, 5) is 2.37. The molecule has 0 amide bonds. The second-order valence-corrected chi connectivity index (χ2v) is 6.80. The summed E-state index contributed by atoms with van der Waals surface area (Å²) in [6, 6.07) is 5.20. The molecule has 19 heavy (non-hydrogen) atoms. The third-order valence-corrected chi connectivity index (χ3v) is 4.57. The molecule has 0 N–H and O–H groups in total. The summed E-state index contributed by atoms with van der Waals surface area (Å²) in [5.41, 5.74) is 1.31. The zero-order valence-corrected chi connectivity index (χ0v) is 13.5. The number of likely N-dealkylation sites (tertiary alicyclic amines) is 1. The minimum absolute atomic E-state index is 0.0910. The van der Waals surface area contributed by atoms with Gasteiger partial charge in [-0.05, 0) is 36.5 Å². The minimum atomic E-state index is -0.0910. The molecule has 1 aliphatic rings. The molecule has 1 aliphatic heterocycles. The standard InChI is InChI=1S/C16H23BrFN/c1-3-7-16(8-4-2)11-19(12-16)10-13-9-14(17)5-6-15(13)18/h5-6,9H,3-4,7-8,10-12H2,1-2H3. The number of nitrogens with zero attached hydrogens (tertiary/aromatic N) is 1. The maximum absolute atomic E-state index is 13.7. The van der Waals surface area contributed by atoms with Crippen LogP contribution < -0.4 is 0 Å². The first-order chi connectivity index (χ1) is 9.08. The normalized spacial score (nSPS) is 18.3. The summed E-state index contributed by atoms with van der Waals surface area (Å²) in [6.45, 7) is 7.50. The monoisotopic (exact) mass is 327 g/mol. The first-order valence-corrected chi connectivity index (χ1v) is 8.04. The second kappa shape index (κ2) is 6.36. The van der Waals surface area contributed by atoms with E-state index in [1.807, 2.05) is 6.07 Å². The van der Waals surface area contributed by atoms with Crippen molar-refractivity contribution in [3.8, 4) is 0 Å². The van der Waals surface area contributed by atoms with Crippen LogP contribution in [0.25, 0.3) is 0 Å². The highest BCUT2D eigenvalue weighted by Crippen LogP contribution is 2.40. The molecule has 0 spiro atoms. The Kier molecular flexibility index (Phi) is 5.02. The molecule has 0 aliphatic carbocycles. The second-order valence-electron chi connectivity index (χ2n) is 5.88. The predicted molar refractivity (Wildman–Crippen MR) is 81.6 cm³/mol. The summed E-state index contributed by atoms with van der Waals surface area (Å²) >= 11 is 3.41. The van der Waals surface area contributed by atoms with Gasteiger partial charge in [-0.1, -0.05) is 42.6 Å². The number of hydrogen-bond donors (Lipinski definition) is 0. The molecule has 0 radical (unpaired) electrons. The average molecular weight is 328 g/mol. The Morgan fingerprint density at radius 2 is 1.84 bits per heavy atom. The van der Waals surface area contributed by atoms with Crippen molar-refractivity contribution in [2.75, 3.05) is 13.1 Å². The fraction of sp³-hybridized carbons (Fsp3) is 0.625. The van der Waals surface area contributed by atoms with E-state index >= 15 is 0 Å². The highest BCUT2D eigenvalue weighted by atomic mass is 79.9. The number of benzene rings is 1. The number of rotatable bonds is 6. The molecule has 1 heterocycles. The van der Waals surface area contributed by atoms with Gasteiger partial charge in [0.25, 0.3) is 0 Å². The van der Waals surface area contributed by atoms with Gasteiger partial charge in [0, 0.05) is 29.7 Å².